The zero-order valence-corrected chi connectivity index (χ0v) is 19.5. The molecule has 1 rings (SSSR count). The third kappa shape index (κ3) is 10.0. The molecule has 0 bridgehead atoms. The zero-order valence-electron chi connectivity index (χ0n) is 19.5. The minimum absolute atomic E-state index is 0.0208. The molecule has 1 aromatic carbocycles. The monoisotopic (exact) mass is 436 g/mol. The fourth-order valence-electron chi connectivity index (χ4n) is 2.95. The van der Waals surface area contributed by atoms with Crippen molar-refractivity contribution in [3.05, 3.63) is 64.3 Å². The van der Waals surface area contributed by atoms with Crippen molar-refractivity contribution in [2.24, 2.45) is 5.92 Å². The van der Waals surface area contributed by atoms with Gasteiger partial charge in [-0.25, -0.2) is 0 Å². The molecule has 2 nitrogen and oxygen atoms in total. The first-order valence-corrected chi connectivity index (χ1v) is 10.7. The second kappa shape index (κ2) is 12.5. The van der Waals surface area contributed by atoms with Gasteiger partial charge < -0.3 is 4.74 Å². The average molecular weight is 437 g/mol. The molecule has 172 valence electrons. The summed E-state index contributed by atoms with van der Waals surface area (Å²) in [6.45, 7) is 11.8. The Morgan fingerprint density at radius 1 is 0.968 bits per heavy atom. The van der Waals surface area contributed by atoms with Crippen LogP contribution in [0.25, 0.3) is 0 Å². The lowest BCUT2D eigenvalue weighted by atomic mass is 9.98. The predicted octanol–water partition coefficient (Wildman–Crippen LogP) is 8.34. The zero-order chi connectivity index (χ0) is 23.6. The molecular weight excluding hydrogens is 401 g/mol. The van der Waals surface area contributed by atoms with E-state index in [9.17, 15) is 18.0 Å². The van der Waals surface area contributed by atoms with E-state index in [0.717, 1.165) is 43.4 Å². The molecule has 0 saturated heterocycles. The van der Waals surface area contributed by atoms with Crippen LogP contribution in [0.2, 0.25) is 0 Å². The van der Waals surface area contributed by atoms with Crippen molar-refractivity contribution in [3.8, 4) is 5.75 Å². The highest BCUT2D eigenvalue weighted by Gasteiger charge is 2.32. The van der Waals surface area contributed by atoms with Crippen LogP contribution >= 0.6 is 0 Å². The minimum Gasteiger partial charge on any atom is -0.489 e. The molecule has 0 spiro atoms. The third-order valence-electron chi connectivity index (χ3n) is 4.89. The number of carbonyl (C=O) groups excluding carboxylic acids is 1. The van der Waals surface area contributed by atoms with Crippen molar-refractivity contribution in [1.82, 2.24) is 0 Å². The molecule has 0 radical (unpaired) electrons. The van der Waals surface area contributed by atoms with Crippen molar-refractivity contribution in [2.75, 3.05) is 6.61 Å². The first-order chi connectivity index (χ1) is 14.4. The number of Topliss-reactive ketones (excluding diaryl/α,β-unsaturated/α-hetero) is 1. The second-order valence-electron chi connectivity index (χ2n) is 8.50. The molecular formula is C26H35F3O2. The van der Waals surface area contributed by atoms with Gasteiger partial charge >= 0.3 is 6.18 Å². The molecule has 1 aromatic rings. The minimum atomic E-state index is -4.49. The maximum absolute atomic E-state index is 13.1. The van der Waals surface area contributed by atoms with Crippen molar-refractivity contribution in [2.45, 2.75) is 73.4 Å². The Morgan fingerprint density at radius 3 is 2.10 bits per heavy atom. The summed E-state index contributed by atoms with van der Waals surface area (Å²) in [4.78, 5) is 12.4. The van der Waals surface area contributed by atoms with E-state index >= 15 is 0 Å². The maximum atomic E-state index is 13.1. The van der Waals surface area contributed by atoms with Crippen LogP contribution in [0, 0.1) is 5.92 Å². The lowest BCUT2D eigenvalue weighted by Gasteiger charge is -2.15. The van der Waals surface area contributed by atoms with Gasteiger partial charge in [0.25, 0.3) is 0 Å². The summed E-state index contributed by atoms with van der Waals surface area (Å²) in [7, 11) is 0. The first kappa shape index (κ1) is 26.7. The number of carbonyl (C=O) groups is 1. The lowest BCUT2D eigenvalue weighted by molar-refractivity contribution is -0.137. The van der Waals surface area contributed by atoms with Gasteiger partial charge in [0.05, 0.1) is 11.1 Å². The van der Waals surface area contributed by atoms with E-state index in [1.54, 1.807) is 13.8 Å². The molecule has 0 atom stereocenters. The SMILES string of the molecule is CC(C)=CCC/C(C)=C/CC/C(C)=C/COc1cc(C(F)(F)F)ccc1C(=O)C(C)C. The maximum Gasteiger partial charge on any atom is 0.416 e. The van der Waals surface area contributed by atoms with Gasteiger partial charge in [-0.2, -0.15) is 13.2 Å². The van der Waals surface area contributed by atoms with Crippen molar-refractivity contribution in [1.29, 1.82) is 0 Å². The Bertz CT molecular complexity index is 824. The second-order valence-corrected chi connectivity index (χ2v) is 8.50. The third-order valence-corrected chi connectivity index (χ3v) is 4.89. The summed E-state index contributed by atoms with van der Waals surface area (Å²) < 4.78 is 44.8. The fraction of sp³-hybridized carbons (Fsp3) is 0.500. The standard InChI is InChI=1S/C26H35F3O2/c1-18(2)9-7-10-20(5)11-8-12-21(6)15-16-31-24-17-22(26(27,28)29)13-14-23(24)25(30)19(3)4/h9,11,13-15,17,19H,7-8,10,12,16H2,1-6H3/b20-11+,21-15+. The molecule has 0 fully saturated rings. The van der Waals surface area contributed by atoms with Gasteiger partial charge in [-0.15, -0.1) is 0 Å². The van der Waals surface area contributed by atoms with Gasteiger partial charge in [0.2, 0.25) is 0 Å². The molecule has 0 aliphatic carbocycles. The number of halogens is 3. The van der Waals surface area contributed by atoms with Crippen LogP contribution < -0.4 is 4.74 Å². The Morgan fingerprint density at radius 2 is 1.55 bits per heavy atom. The highest BCUT2D eigenvalue weighted by Crippen LogP contribution is 2.34. The van der Waals surface area contributed by atoms with Crippen LogP contribution in [0.15, 0.2) is 53.1 Å². The van der Waals surface area contributed by atoms with E-state index in [1.165, 1.54) is 17.2 Å². The fourth-order valence-corrected chi connectivity index (χ4v) is 2.95. The van der Waals surface area contributed by atoms with Crippen LogP contribution in [0.3, 0.4) is 0 Å². The van der Waals surface area contributed by atoms with Crippen LogP contribution in [0.4, 0.5) is 13.2 Å². The van der Waals surface area contributed by atoms with Gasteiger partial charge in [-0.3, -0.25) is 4.79 Å². The number of allylic oxidation sites excluding steroid dienone is 5. The van der Waals surface area contributed by atoms with E-state index in [-0.39, 0.29) is 29.6 Å². The van der Waals surface area contributed by atoms with Gasteiger partial charge in [0, 0.05) is 5.92 Å². The van der Waals surface area contributed by atoms with Gasteiger partial charge in [-0.1, -0.05) is 42.7 Å². The topological polar surface area (TPSA) is 26.3 Å². The molecule has 5 heteroatoms. The smallest absolute Gasteiger partial charge is 0.416 e. The number of hydrogen-bond donors (Lipinski definition) is 0. The highest BCUT2D eigenvalue weighted by atomic mass is 19.4. The molecule has 0 saturated carbocycles. The molecule has 0 aromatic heterocycles. The van der Waals surface area contributed by atoms with Crippen LogP contribution in [-0.4, -0.2) is 12.4 Å². The number of benzene rings is 1. The van der Waals surface area contributed by atoms with Crippen LogP contribution in [-0.2, 0) is 6.18 Å². The van der Waals surface area contributed by atoms with Crippen molar-refractivity contribution >= 4 is 5.78 Å². The van der Waals surface area contributed by atoms with E-state index in [2.05, 4.69) is 32.9 Å². The van der Waals surface area contributed by atoms with Gasteiger partial charge in [-0.05, 0) is 77.7 Å². The lowest BCUT2D eigenvalue weighted by Crippen LogP contribution is -2.12. The normalized spacial score (nSPS) is 12.8. The van der Waals surface area contributed by atoms with Gasteiger partial charge in [0.15, 0.2) is 5.78 Å². The van der Waals surface area contributed by atoms with E-state index < -0.39 is 11.7 Å². The number of alkyl halides is 3. The molecule has 31 heavy (non-hydrogen) atoms. The Kier molecular flexibility index (Phi) is 10.8. The Balaban J connectivity index is 2.74. The van der Waals surface area contributed by atoms with E-state index in [1.807, 2.05) is 13.0 Å². The number of hydrogen-bond acceptors (Lipinski definition) is 2. The summed E-state index contributed by atoms with van der Waals surface area (Å²) in [6.07, 6.45) is 5.67. The Labute approximate surface area is 184 Å². The van der Waals surface area contributed by atoms with Crippen LogP contribution in [0.1, 0.15) is 83.1 Å². The van der Waals surface area contributed by atoms with Gasteiger partial charge in [0.1, 0.15) is 12.4 Å². The Hall–Kier alpha value is -2.30. The van der Waals surface area contributed by atoms with Crippen molar-refractivity contribution in [3.63, 3.8) is 0 Å². The summed E-state index contributed by atoms with van der Waals surface area (Å²) in [6, 6.07) is 3.05. The summed E-state index contributed by atoms with van der Waals surface area (Å²) in [5.74, 6) is -0.589. The summed E-state index contributed by atoms with van der Waals surface area (Å²) in [5, 5.41) is 0. The predicted molar refractivity (Wildman–Crippen MR) is 122 cm³/mol. The average Bonchev–Trinajstić information content (AvgIpc) is 2.66. The van der Waals surface area contributed by atoms with E-state index in [4.69, 9.17) is 4.74 Å². The summed E-state index contributed by atoms with van der Waals surface area (Å²) >= 11 is 0. The molecule has 0 N–H and O–H groups in total. The molecule has 0 aliphatic rings. The molecule has 0 amide bonds. The number of rotatable bonds is 11. The number of ether oxygens (including phenoxy) is 1. The molecule has 0 heterocycles. The summed E-state index contributed by atoms with van der Waals surface area (Å²) in [5.41, 5.74) is 3.13. The van der Waals surface area contributed by atoms with E-state index in [0.29, 0.717) is 0 Å². The number of ketones is 1. The molecule has 0 aliphatic heterocycles. The van der Waals surface area contributed by atoms with Crippen LogP contribution in [0.5, 0.6) is 5.75 Å². The largest absolute Gasteiger partial charge is 0.489 e. The van der Waals surface area contributed by atoms with Crippen molar-refractivity contribution < 1.29 is 22.7 Å². The highest BCUT2D eigenvalue weighted by molar-refractivity contribution is 6.00. The first-order valence-electron chi connectivity index (χ1n) is 10.7. The molecule has 0 unspecified atom stereocenters. The quantitative estimate of drug-likeness (QED) is 0.257.